The molecule has 0 aliphatic carbocycles. The Morgan fingerprint density at radius 3 is 2.34 bits per heavy atom. The molecule has 3 rings (SSSR count). The maximum atomic E-state index is 12.9. The maximum Gasteiger partial charge on any atom is 0.231 e. The van der Waals surface area contributed by atoms with Gasteiger partial charge in [-0.05, 0) is 23.8 Å². The number of ketones is 1. The topological polar surface area (TPSA) is 53.8 Å². The van der Waals surface area contributed by atoms with Gasteiger partial charge >= 0.3 is 0 Å². The van der Waals surface area contributed by atoms with E-state index in [1.807, 2.05) is 18.2 Å². The molecule has 0 radical (unpaired) electrons. The fraction of sp³-hybridized carbons (Fsp3) is 0.375. The van der Waals surface area contributed by atoms with E-state index in [0.717, 1.165) is 13.1 Å². The van der Waals surface area contributed by atoms with Crippen LogP contribution in [0.25, 0.3) is 6.08 Å². The standard InChI is InChI=1S/C24H28ClNO3/c1-15(2)12-26(13-16(3)4)14-19-21(27)10-9-18-23(28)22(29-24(18)19)11-17-7-5-6-8-20(17)25/h5-11,15-16,27H,12-14H2,1-4H3. The highest BCUT2D eigenvalue weighted by molar-refractivity contribution is 6.32. The Labute approximate surface area is 177 Å². The van der Waals surface area contributed by atoms with Crippen molar-refractivity contribution in [1.82, 2.24) is 0 Å². The number of hydrogen-bond donors (Lipinski definition) is 1. The number of allylic oxidation sites excluding steroid dienone is 1. The molecule has 1 N–H and O–H groups in total. The fourth-order valence-electron chi connectivity index (χ4n) is 3.82. The number of Topliss-reactive ketones (excluding diaryl/α,β-unsaturated/α-hetero) is 1. The molecule has 0 bridgehead atoms. The molecule has 1 heterocycles. The van der Waals surface area contributed by atoms with Crippen molar-refractivity contribution < 1.29 is 19.5 Å². The number of benzene rings is 2. The van der Waals surface area contributed by atoms with Crippen molar-refractivity contribution in [2.75, 3.05) is 13.1 Å². The van der Waals surface area contributed by atoms with Gasteiger partial charge in [-0.15, -0.1) is 0 Å². The highest BCUT2D eigenvalue weighted by Gasteiger charge is 2.31. The van der Waals surface area contributed by atoms with Crippen molar-refractivity contribution in [3.8, 4) is 11.5 Å². The number of quaternary nitrogens is 1. The van der Waals surface area contributed by atoms with Crippen LogP contribution >= 0.6 is 11.6 Å². The summed E-state index contributed by atoms with van der Waals surface area (Å²) in [6.45, 7) is 11.2. The Bertz CT molecular complexity index is 924. The summed E-state index contributed by atoms with van der Waals surface area (Å²) in [7, 11) is 0. The lowest BCUT2D eigenvalue weighted by molar-refractivity contribution is -0.919. The molecule has 0 atom stereocenters. The average molecular weight is 414 g/mol. The van der Waals surface area contributed by atoms with E-state index in [-0.39, 0.29) is 17.3 Å². The van der Waals surface area contributed by atoms with Gasteiger partial charge in [0.25, 0.3) is 0 Å². The van der Waals surface area contributed by atoms with Gasteiger partial charge in [0.1, 0.15) is 12.3 Å². The second-order valence-electron chi connectivity index (χ2n) is 8.50. The number of fused-ring (bicyclic) bond motifs is 1. The fourth-order valence-corrected chi connectivity index (χ4v) is 4.01. The number of hydrogen-bond acceptors (Lipinski definition) is 3. The van der Waals surface area contributed by atoms with Crippen molar-refractivity contribution in [2.24, 2.45) is 11.8 Å². The largest absolute Gasteiger partial charge is 0.872 e. The lowest BCUT2D eigenvalue weighted by atomic mass is 10.0. The first-order valence-corrected chi connectivity index (χ1v) is 10.5. The van der Waals surface area contributed by atoms with Gasteiger partial charge in [-0.2, -0.15) is 0 Å². The lowest BCUT2D eigenvalue weighted by Crippen LogP contribution is -3.11. The minimum atomic E-state index is -0.213. The minimum absolute atomic E-state index is 0.0828. The van der Waals surface area contributed by atoms with Gasteiger partial charge in [-0.1, -0.05) is 69.3 Å². The van der Waals surface area contributed by atoms with Gasteiger partial charge in [0.05, 0.1) is 18.7 Å². The lowest BCUT2D eigenvalue weighted by Gasteiger charge is -2.26. The van der Waals surface area contributed by atoms with Gasteiger partial charge in [0.2, 0.25) is 5.78 Å². The van der Waals surface area contributed by atoms with E-state index >= 15 is 0 Å². The molecule has 2 aromatic rings. The number of carbonyl (C=O) groups excluding carboxylic acids is 1. The molecule has 29 heavy (non-hydrogen) atoms. The predicted molar refractivity (Wildman–Crippen MR) is 114 cm³/mol. The van der Waals surface area contributed by atoms with E-state index in [2.05, 4.69) is 27.7 Å². The average Bonchev–Trinajstić information content (AvgIpc) is 2.94. The molecule has 4 nitrogen and oxygen atoms in total. The van der Waals surface area contributed by atoms with E-state index in [1.54, 1.807) is 18.2 Å². The molecular weight excluding hydrogens is 386 g/mol. The molecule has 0 unspecified atom stereocenters. The van der Waals surface area contributed by atoms with Crippen LogP contribution in [-0.4, -0.2) is 18.9 Å². The Hall–Kier alpha value is -2.30. The van der Waals surface area contributed by atoms with Crippen LogP contribution < -0.4 is 14.7 Å². The molecule has 0 aromatic heterocycles. The monoisotopic (exact) mass is 413 g/mol. The first-order valence-electron chi connectivity index (χ1n) is 10.1. The molecule has 1 aliphatic heterocycles. The molecule has 5 heteroatoms. The molecule has 1 aliphatic rings. The van der Waals surface area contributed by atoms with Crippen molar-refractivity contribution >= 4 is 23.5 Å². The van der Waals surface area contributed by atoms with Gasteiger partial charge in [0, 0.05) is 22.4 Å². The van der Waals surface area contributed by atoms with E-state index < -0.39 is 0 Å². The number of nitrogens with one attached hydrogen (secondary N) is 1. The van der Waals surface area contributed by atoms with Gasteiger partial charge < -0.3 is 14.7 Å². The highest BCUT2D eigenvalue weighted by Crippen LogP contribution is 2.38. The summed E-state index contributed by atoms with van der Waals surface area (Å²) in [5.74, 6) is 1.33. The second-order valence-corrected chi connectivity index (χ2v) is 8.91. The first-order chi connectivity index (χ1) is 13.8. The minimum Gasteiger partial charge on any atom is -0.872 e. The third-order valence-electron chi connectivity index (χ3n) is 4.91. The number of ether oxygens (including phenoxy) is 1. The van der Waals surface area contributed by atoms with E-state index in [4.69, 9.17) is 16.3 Å². The third kappa shape index (κ3) is 5.01. The third-order valence-corrected chi connectivity index (χ3v) is 5.25. The molecule has 0 amide bonds. The molecule has 0 fully saturated rings. The number of rotatable bonds is 7. The molecule has 0 saturated heterocycles. The summed E-state index contributed by atoms with van der Waals surface area (Å²) in [5.41, 5.74) is 1.74. The Morgan fingerprint density at radius 1 is 1.07 bits per heavy atom. The Morgan fingerprint density at radius 2 is 1.72 bits per heavy atom. The highest BCUT2D eigenvalue weighted by atomic mass is 35.5. The summed E-state index contributed by atoms with van der Waals surface area (Å²) >= 11 is 6.22. The molecule has 2 aromatic carbocycles. The zero-order valence-electron chi connectivity index (χ0n) is 17.4. The zero-order valence-corrected chi connectivity index (χ0v) is 18.2. The maximum absolute atomic E-state index is 12.9. The molecule has 154 valence electrons. The van der Waals surface area contributed by atoms with Gasteiger partial charge in [-0.3, -0.25) is 4.79 Å². The van der Waals surface area contributed by atoms with E-state index in [0.29, 0.717) is 45.8 Å². The van der Waals surface area contributed by atoms with E-state index in [9.17, 15) is 9.90 Å². The quantitative estimate of drug-likeness (QED) is 0.704. The van der Waals surface area contributed by atoms with Crippen LogP contribution in [-0.2, 0) is 6.54 Å². The summed E-state index contributed by atoms with van der Waals surface area (Å²) in [6, 6.07) is 10.3. The van der Waals surface area contributed by atoms with Crippen LogP contribution in [0.1, 0.15) is 49.2 Å². The smallest absolute Gasteiger partial charge is 0.231 e. The van der Waals surface area contributed by atoms with Crippen LogP contribution in [0.2, 0.25) is 5.02 Å². The van der Waals surface area contributed by atoms with Crippen molar-refractivity contribution in [1.29, 1.82) is 0 Å². The summed E-state index contributed by atoms with van der Waals surface area (Å²) in [4.78, 5) is 14.2. The van der Waals surface area contributed by atoms with Gasteiger partial charge in [0.15, 0.2) is 5.76 Å². The summed E-state index contributed by atoms with van der Waals surface area (Å²) in [5, 5.41) is 13.2. The normalized spacial score (nSPS) is 14.9. The van der Waals surface area contributed by atoms with Crippen LogP contribution in [0, 0.1) is 11.8 Å². The van der Waals surface area contributed by atoms with E-state index in [1.165, 1.54) is 11.0 Å². The predicted octanol–water partition coefficient (Wildman–Crippen LogP) is 3.73. The molecular formula is C24H28ClNO3. The molecule has 0 spiro atoms. The van der Waals surface area contributed by atoms with Crippen molar-refractivity contribution in [2.45, 2.75) is 34.2 Å². The second kappa shape index (κ2) is 9.02. The molecule has 0 saturated carbocycles. The SMILES string of the molecule is CC(C)C[NH+](Cc1c([O-])ccc2c1OC(=Cc1ccccc1Cl)C2=O)CC(C)C. The van der Waals surface area contributed by atoms with Crippen molar-refractivity contribution in [3.05, 3.63) is 63.9 Å². The van der Waals surface area contributed by atoms with Crippen LogP contribution in [0.5, 0.6) is 11.5 Å². The van der Waals surface area contributed by atoms with Crippen LogP contribution in [0.4, 0.5) is 0 Å². The number of carbonyl (C=O) groups is 1. The first kappa shape index (κ1) is 21.4. The Balaban J connectivity index is 1.94. The van der Waals surface area contributed by atoms with Crippen LogP contribution in [0.15, 0.2) is 42.2 Å². The Kier molecular flexibility index (Phi) is 6.66. The number of halogens is 1. The van der Waals surface area contributed by atoms with Crippen molar-refractivity contribution in [3.63, 3.8) is 0 Å². The van der Waals surface area contributed by atoms with Gasteiger partial charge in [-0.25, -0.2) is 0 Å². The summed E-state index contributed by atoms with van der Waals surface area (Å²) in [6.07, 6.45) is 1.64. The summed E-state index contributed by atoms with van der Waals surface area (Å²) < 4.78 is 5.94. The van der Waals surface area contributed by atoms with Crippen LogP contribution in [0.3, 0.4) is 0 Å². The zero-order chi connectivity index (χ0) is 21.1.